The molecule has 0 spiro atoms. The fourth-order valence-corrected chi connectivity index (χ4v) is 4.86. The highest BCUT2D eigenvalue weighted by atomic mass is 35.5. The number of ether oxygens (including phenoxy) is 2. The van der Waals surface area contributed by atoms with Crippen molar-refractivity contribution in [1.29, 1.82) is 0 Å². The van der Waals surface area contributed by atoms with Crippen molar-refractivity contribution in [3.05, 3.63) is 109 Å². The Bertz CT molecular complexity index is 1670. The first-order chi connectivity index (χ1) is 19.7. The van der Waals surface area contributed by atoms with Crippen LogP contribution < -0.4 is 15.9 Å². The first-order valence-electron chi connectivity index (χ1n) is 13.4. The quantitative estimate of drug-likeness (QED) is 0.283. The van der Waals surface area contributed by atoms with Crippen LogP contribution in [0.3, 0.4) is 0 Å². The van der Waals surface area contributed by atoms with Gasteiger partial charge in [-0.1, -0.05) is 31.5 Å². The predicted octanol–water partition coefficient (Wildman–Crippen LogP) is 5.83. The van der Waals surface area contributed by atoms with E-state index in [9.17, 15) is 18.4 Å². The minimum atomic E-state index is -0.868. The van der Waals surface area contributed by atoms with E-state index in [-0.39, 0.29) is 34.6 Å². The third kappa shape index (κ3) is 6.39. The second-order valence-corrected chi connectivity index (χ2v) is 9.71. The maximum Gasteiger partial charge on any atom is 0.277 e. The van der Waals surface area contributed by atoms with Gasteiger partial charge in [-0.25, -0.2) is 13.8 Å². The number of hydrogen-bond donors (Lipinski definition) is 0. The topological polar surface area (TPSA) is 88.2 Å². The third-order valence-electron chi connectivity index (χ3n) is 6.73. The van der Waals surface area contributed by atoms with Crippen LogP contribution >= 0.6 is 11.6 Å². The Labute approximate surface area is 241 Å². The summed E-state index contributed by atoms with van der Waals surface area (Å²) in [5, 5.41) is -0.223. The van der Waals surface area contributed by atoms with Crippen molar-refractivity contribution in [2.24, 2.45) is 0 Å². The van der Waals surface area contributed by atoms with Crippen molar-refractivity contribution in [3.8, 4) is 17.3 Å². The summed E-state index contributed by atoms with van der Waals surface area (Å²) in [5.41, 5.74) is 1.50. The van der Waals surface area contributed by atoms with Gasteiger partial charge in [0.05, 0.1) is 11.9 Å². The van der Waals surface area contributed by atoms with E-state index in [0.29, 0.717) is 47.6 Å². The lowest BCUT2D eigenvalue weighted by molar-refractivity contribution is 0.0850. The molecule has 0 saturated carbocycles. The fraction of sp³-hybridized carbons (Fsp3) is 0.333. The highest BCUT2D eigenvalue weighted by molar-refractivity contribution is 6.31. The zero-order chi connectivity index (χ0) is 29.7. The van der Waals surface area contributed by atoms with Crippen molar-refractivity contribution < 1.29 is 18.3 Å². The number of pyridine rings is 4. The molecule has 5 heterocycles. The van der Waals surface area contributed by atoms with Crippen LogP contribution in [0.25, 0.3) is 11.5 Å². The molecule has 4 aromatic rings. The van der Waals surface area contributed by atoms with E-state index in [1.165, 1.54) is 9.13 Å². The summed E-state index contributed by atoms with van der Waals surface area (Å²) < 4.78 is 41.0. The number of rotatable bonds is 6. The molecule has 0 radical (unpaired) electrons. The Morgan fingerprint density at radius 1 is 1.05 bits per heavy atom. The molecule has 1 saturated heterocycles. The average molecular weight is 585 g/mol. The largest absolute Gasteiger partial charge is 0.485 e. The molecule has 0 bridgehead atoms. The normalized spacial score (nSPS) is 13.4. The molecule has 216 valence electrons. The predicted molar refractivity (Wildman–Crippen MR) is 153 cm³/mol. The minimum absolute atomic E-state index is 0.0354. The summed E-state index contributed by atoms with van der Waals surface area (Å²) in [5.74, 6) is -1.17. The number of nitrogens with zero attached hydrogens (tertiary/aromatic N) is 4. The van der Waals surface area contributed by atoms with Gasteiger partial charge in [-0.3, -0.25) is 23.7 Å². The van der Waals surface area contributed by atoms with E-state index < -0.39 is 17.2 Å². The molecule has 0 atom stereocenters. The molecular weight excluding hydrogens is 554 g/mol. The molecule has 1 aliphatic heterocycles. The Hall–Kier alpha value is -3.89. The SMILES string of the molecule is CC.Cc1cnc(-n2cccc(C3CCOCC3)c2=O)cc1-n1c(C)cc(OCc2ncc(F)cc2F)c(Cl)c1=O. The van der Waals surface area contributed by atoms with Crippen LogP contribution in [0, 0.1) is 25.5 Å². The first-order valence-corrected chi connectivity index (χ1v) is 13.7. The fourth-order valence-electron chi connectivity index (χ4n) is 4.67. The summed E-state index contributed by atoms with van der Waals surface area (Å²) in [6.07, 6.45) is 5.66. The van der Waals surface area contributed by atoms with Crippen LogP contribution in [0.15, 0.2) is 58.5 Å². The molecule has 41 heavy (non-hydrogen) atoms. The minimum Gasteiger partial charge on any atom is -0.485 e. The van der Waals surface area contributed by atoms with Gasteiger partial charge in [0, 0.05) is 55.1 Å². The van der Waals surface area contributed by atoms with Crippen LogP contribution in [-0.2, 0) is 11.3 Å². The maximum absolute atomic E-state index is 14.0. The molecule has 1 fully saturated rings. The molecule has 5 rings (SSSR count). The molecule has 0 N–H and O–H groups in total. The van der Waals surface area contributed by atoms with Crippen molar-refractivity contribution in [3.63, 3.8) is 0 Å². The monoisotopic (exact) mass is 584 g/mol. The van der Waals surface area contributed by atoms with Crippen molar-refractivity contribution >= 4 is 11.6 Å². The van der Waals surface area contributed by atoms with Crippen molar-refractivity contribution in [2.45, 2.75) is 53.1 Å². The van der Waals surface area contributed by atoms with Gasteiger partial charge < -0.3 is 9.47 Å². The van der Waals surface area contributed by atoms with E-state index in [0.717, 1.165) is 19.0 Å². The molecule has 8 nitrogen and oxygen atoms in total. The Morgan fingerprint density at radius 2 is 1.78 bits per heavy atom. The molecular formula is C30H31ClF2N4O4. The maximum atomic E-state index is 14.0. The highest BCUT2D eigenvalue weighted by Crippen LogP contribution is 2.27. The van der Waals surface area contributed by atoms with Gasteiger partial charge in [-0.05, 0) is 44.2 Å². The lowest BCUT2D eigenvalue weighted by atomic mass is 9.93. The van der Waals surface area contributed by atoms with Crippen LogP contribution in [-0.4, -0.2) is 32.3 Å². The summed E-state index contributed by atoms with van der Waals surface area (Å²) >= 11 is 6.38. The number of aryl methyl sites for hydroxylation is 2. The van der Waals surface area contributed by atoms with Gasteiger partial charge in [0.25, 0.3) is 11.1 Å². The Kier molecular flexibility index (Phi) is 9.67. The van der Waals surface area contributed by atoms with E-state index in [1.807, 2.05) is 26.0 Å². The van der Waals surface area contributed by atoms with Crippen molar-refractivity contribution in [1.82, 2.24) is 19.1 Å². The first kappa shape index (κ1) is 30.1. The summed E-state index contributed by atoms with van der Waals surface area (Å²) in [4.78, 5) is 34.9. The van der Waals surface area contributed by atoms with Crippen LogP contribution in [0.1, 0.15) is 55.1 Å². The van der Waals surface area contributed by atoms with E-state index >= 15 is 0 Å². The zero-order valence-corrected chi connectivity index (χ0v) is 24.0. The molecule has 11 heteroatoms. The van der Waals surface area contributed by atoms with E-state index in [1.54, 1.807) is 38.4 Å². The summed E-state index contributed by atoms with van der Waals surface area (Å²) in [6, 6.07) is 7.55. The lowest BCUT2D eigenvalue weighted by Gasteiger charge is -2.22. The highest BCUT2D eigenvalue weighted by Gasteiger charge is 2.21. The smallest absolute Gasteiger partial charge is 0.277 e. The molecule has 0 aromatic carbocycles. The second kappa shape index (κ2) is 13.2. The number of halogens is 3. The number of hydrogen-bond acceptors (Lipinski definition) is 6. The standard InChI is InChI=1S/C28H25ClF2N4O4.C2H6/c1-16-13-33-25(34-7-3-4-20(27(34)36)18-5-8-38-9-6-18)12-23(16)35-17(2)10-24(26(29)28(35)37)39-15-22-21(31)11-19(30)14-32-22;1-2/h3-4,7,10-14,18H,5-6,8-9,15H2,1-2H3;1-2H3. The van der Waals surface area contributed by atoms with Gasteiger partial charge in [0.2, 0.25) is 0 Å². The van der Waals surface area contributed by atoms with Gasteiger partial charge in [-0.15, -0.1) is 0 Å². The summed E-state index contributed by atoms with van der Waals surface area (Å²) in [6.45, 7) is 8.37. The number of aromatic nitrogens is 4. The van der Waals surface area contributed by atoms with Crippen LogP contribution in [0.5, 0.6) is 5.75 Å². The molecule has 4 aromatic heterocycles. The van der Waals surface area contributed by atoms with E-state index in [4.69, 9.17) is 21.1 Å². The molecule has 0 amide bonds. The Balaban J connectivity index is 0.00000189. The molecule has 1 aliphatic rings. The van der Waals surface area contributed by atoms with Gasteiger partial charge >= 0.3 is 0 Å². The average Bonchev–Trinajstić information content (AvgIpc) is 2.98. The van der Waals surface area contributed by atoms with Gasteiger partial charge in [0.1, 0.15) is 34.7 Å². The summed E-state index contributed by atoms with van der Waals surface area (Å²) in [7, 11) is 0. The van der Waals surface area contributed by atoms with Crippen molar-refractivity contribution in [2.75, 3.05) is 13.2 Å². The molecule has 0 aliphatic carbocycles. The third-order valence-corrected chi connectivity index (χ3v) is 7.08. The lowest BCUT2D eigenvalue weighted by Crippen LogP contribution is -2.27. The van der Waals surface area contributed by atoms with Crippen LogP contribution in [0.4, 0.5) is 8.78 Å². The zero-order valence-electron chi connectivity index (χ0n) is 23.3. The van der Waals surface area contributed by atoms with Gasteiger partial charge in [-0.2, -0.15) is 0 Å². The van der Waals surface area contributed by atoms with Gasteiger partial charge in [0.15, 0.2) is 5.82 Å². The second-order valence-electron chi connectivity index (χ2n) is 9.33. The van der Waals surface area contributed by atoms with E-state index in [2.05, 4.69) is 9.97 Å². The Morgan fingerprint density at radius 3 is 2.49 bits per heavy atom. The van der Waals surface area contributed by atoms with Crippen LogP contribution in [0.2, 0.25) is 5.02 Å². The molecule has 0 unspecified atom stereocenters.